The van der Waals surface area contributed by atoms with Gasteiger partial charge in [-0.05, 0) is 32.0 Å². The number of likely N-dealkylation sites (N-methyl/N-ethyl adjacent to an activating group) is 1. The van der Waals surface area contributed by atoms with E-state index < -0.39 is 0 Å². The van der Waals surface area contributed by atoms with Gasteiger partial charge in [0.15, 0.2) is 5.78 Å². The third kappa shape index (κ3) is 2.23. The maximum Gasteiger partial charge on any atom is 0.168 e. The number of aromatic nitrogens is 1. The molecule has 22 heavy (non-hydrogen) atoms. The monoisotopic (exact) mass is 296 g/mol. The van der Waals surface area contributed by atoms with Crippen molar-refractivity contribution in [2.24, 2.45) is 5.92 Å². The molecule has 2 aromatic rings. The van der Waals surface area contributed by atoms with E-state index in [4.69, 9.17) is 4.74 Å². The van der Waals surface area contributed by atoms with Crippen molar-refractivity contribution in [1.82, 2.24) is 9.88 Å². The van der Waals surface area contributed by atoms with Gasteiger partial charge >= 0.3 is 0 Å². The average Bonchev–Trinajstić information content (AvgIpc) is 2.53. The Kier molecular flexibility index (Phi) is 3.43. The lowest BCUT2D eigenvalue weighted by atomic mass is 9.80. The van der Waals surface area contributed by atoms with Crippen LogP contribution in [0.5, 0.6) is 0 Å². The molecule has 0 aliphatic carbocycles. The Labute approximate surface area is 130 Å². The predicted octanol–water partition coefficient (Wildman–Crippen LogP) is 2.53. The standard InChI is InChI=1S/C18H20N2O2/c1-20-14-8-13(9-15(20)11-22-10-14)18(21)16-6-2-4-12-5-3-7-19-17(12)16/h2-7,13-15H,8-11H2,1H3. The number of hydrogen-bond acceptors (Lipinski definition) is 4. The van der Waals surface area contributed by atoms with Gasteiger partial charge in [-0.15, -0.1) is 0 Å². The van der Waals surface area contributed by atoms with Crippen molar-refractivity contribution in [3.63, 3.8) is 0 Å². The Morgan fingerprint density at radius 1 is 1.18 bits per heavy atom. The SMILES string of the molecule is CN1C2COCC1CC(C(=O)c1cccc3cccnc13)C2. The molecule has 2 atom stereocenters. The van der Waals surface area contributed by atoms with Crippen LogP contribution in [-0.4, -0.2) is 48.0 Å². The Hall–Kier alpha value is -1.78. The third-order valence-electron chi connectivity index (χ3n) is 5.15. The van der Waals surface area contributed by atoms with Gasteiger partial charge in [-0.2, -0.15) is 0 Å². The molecule has 2 bridgehead atoms. The summed E-state index contributed by atoms with van der Waals surface area (Å²) in [5.41, 5.74) is 1.60. The molecule has 2 aliphatic rings. The second-order valence-corrected chi connectivity index (χ2v) is 6.42. The van der Waals surface area contributed by atoms with Gasteiger partial charge in [-0.1, -0.05) is 18.2 Å². The Morgan fingerprint density at radius 3 is 2.68 bits per heavy atom. The summed E-state index contributed by atoms with van der Waals surface area (Å²) in [6.07, 6.45) is 3.53. The molecule has 2 fully saturated rings. The first-order valence-corrected chi connectivity index (χ1v) is 7.91. The normalized spacial score (nSPS) is 28.7. The molecule has 1 aromatic carbocycles. The van der Waals surface area contributed by atoms with Crippen molar-refractivity contribution in [1.29, 1.82) is 0 Å². The minimum absolute atomic E-state index is 0.0858. The highest BCUT2D eigenvalue weighted by atomic mass is 16.5. The molecule has 0 amide bonds. The first-order chi connectivity index (χ1) is 10.7. The molecule has 4 heteroatoms. The third-order valence-corrected chi connectivity index (χ3v) is 5.15. The molecule has 114 valence electrons. The van der Waals surface area contributed by atoms with E-state index in [0.717, 1.165) is 42.5 Å². The lowest BCUT2D eigenvalue weighted by Gasteiger charge is -2.46. The lowest BCUT2D eigenvalue weighted by molar-refractivity contribution is -0.0702. The van der Waals surface area contributed by atoms with Crippen LogP contribution in [-0.2, 0) is 4.74 Å². The number of piperidine rings is 1. The number of ketones is 1. The highest BCUT2D eigenvalue weighted by molar-refractivity contribution is 6.07. The topological polar surface area (TPSA) is 42.4 Å². The first-order valence-electron chi connectivity index (χ1n) is 7.91. The van der Waals surface area contributed by atoms with E-state index in [1.807, 2.05) is 30.3 Å². The van der Waals surface area contributed by atoms with Crippen LogP contribution in [0.3, 0.4) is 0 Å². The molecule has 2 aliphatic heterocycles. The molecule has 0 N–H and O–H groups in total. The number of rotatable bonds is 2. The predicted molar refractivity (Wildman–Crippen MR) is 85.0 cm³/mol. The van der Waals surface area contributed by atoms with Crippen LogP contribution >= 0.6 is 0 Å². The fourth-order valence-electron chi connectivity index (χ4n) is 3.83. The summed E-state index contributed by atoms with van der Waals surface area (Å²) in [6, 6.07) is 10.5. The van der Waals surface area contributed by atoms with Crippen LogP contribution in [0.1, 0.15) is 23.2 Å². The Balaban J connectivity index is 1.66. The number of hydrogen-bond donors (Lipinski definition) is 0. The van der Waals surface area contributed by atoms with E-state index >= 15 is 0 Å². The fourth-order valence-corrected chi connectivity index (χ4v) is 3.83. The number of morpholine rings is 1. The second kappa shape index (κ2) is 5.45. The molecule has 0 radical (unpaired) electrons. The van der Waals surface area contributed by atoms with E-state index in [1.54, 1.807) is 6.20 Å². The van der Waals surface area contributed by atoms with Gasteiger partial charge in [-0.25, -0.2) is 0 Å². The maximum absolute atomic E-state index is 13.1. The van der Waals surface area contributed by atoms with E-state index in [2.05, 4.69) is 16.9 Å². The summed E-state index contributed by atoms with van der Waals surface area (Å²) in [5.74, 6) is 0.331. The molecule has 1 aromatic heterocycles. The van der Waals surface area contributed by atoms with E-state index in [-0.39, 0.29) is 11.7 Å². The molecule has 0 saturated carbocycles. The van der Waals surface area contributed by atoms with Crippen molar-refractivity contribution in [3.05, 3.63) is 42.1 Å². The number of benzene rings is 1. The summed E-state index contributed by atoms with van der Waals surface area (Å²) in [6.45, 7) is 1.48. The summed E-state index contributed by atoms with van der Waals surface area (Å²) >= 11 is 0. The number of pyridine rings is 1. The van der Waals surface area contributed by atoms with Gasteiger partial charge in [-0.3, -0.25) is 14.7 Å². The van der Waals surface area contributed by atoms with Crippen molar-refractivity contribution in [2.45, 2.75) is 24.9 Å². The highest BCUT2D eigenvalue weighted by Gasteiger charge is 2.39. The zero-order chi connectivity index (χ0) is 15.1. The van der Waals surface area contributed by atoms with Gasteiger partial charge in [0.1, 0.15) is 0 Å². The van der Waals surface area contributed by atoms with Gasteiger partial charge in [0.25, 0.3) is 0 Å². The molecule has 2 saturated heterocycles. The Morgan fingerprint density at radius 2 is 1.91 bits per heavy atom. The maximum atomic E-state index is 13.1. The van der Waals surface area contributed by atoms with E-state index in [1.165, 1.54) is 0 Å². The smallest absolute Gasteiger partial charge is 0.168 e. The van der Waals surface area contributed by atoms with Crippen LogP contribution in [0.4, 0.5) is 0 Å². The van der Waals surface area contributed by atoms with Crippen LogP contribution in [0.2, 0.25) is 0 Å². The van der Waals surface area contributed by atoms with Crippen molar-refractivity contribution in [2.75, 3.05) is 20.3 Å². The van der Waals surface area contributed by atoms with Crippen molar-refractivity contribution in [3.8, 4) is 0 Å². The number of nitrogens with zero attached hydrogens (tertiary/aromatic N) is 2. The molecule has 4 rings (SSSR count). The molecule has 2 unspecified atom stereocenters. The number of Topliss-reactive ketones (excluding diaryl/α,β-unsaturated/α-hetero) is 1. The molecular formula is C18H20N2O2. The van der Waals surface area contributed by atoms with E-state index in [0.29, 0.717) is 12.1 Å². The molecule has 4 nitrogen and oxygen atoms in total. The van der Waals surface area contributed by atoms with Gasteiger partial charge in [0, 0.05) is 35.1 Å². The largest absolute Gasteiger partial charge is 0.378 e. The van der Waals surface area contributed by atoms with E-state index in [9.17, 15) is 4.79 Å². The number of para-hydroxylation sites is 1. The number of carbonyl (C=O) groups excluding carboxylic acids is 1. The van der Waals surface area contributed by atoms with Gasteiger partial charge in [0.05, 0.1) is 18.7 Å². The summed E-state index contributed by atoms with van der Waals surface area (Å²) in [7, 11) is 2.15. The number of fused-ring (bicyclic) bond motifs is 3. The molecule has 0 spiro atoms. The van der Waals surface area contributed by atoms with Crippen LogP contribution in [0.15, 0.2) is 36.5 Å². The summed E-state index contributed by atoms with van der Waals surface area (Å²) in [4.78, 5) is 19.9. The molecular weight excluding hydrogens is 276 g/mol. The zero-order valence-corrected chi connectivity index (χ0v) is 12.7. The summed E-state index contributed by atoms with van der Waals surface area (Å²) < 4.78 is 5.65. The zero-order valence-electron chi connectivity index (χ0n) is 12.7. The van der Waals surface area contributed by atoms with Crippen LogP contribution in [0, 0.1) is 5.92 Å². The van der Waals surface area contributed by atoms with Gasteiger partial charge in [0.2, 0.25) is 0 Å². The number of carbonyl (C=O) groups is 1. The second-order valence-electron chi connectivity index (χ2n) is 6.42. The minimum atomic E-state index is 0.0858. The van der Waals surface area contributed by atoms with Crippen LogP contribution < -0.4 is 0 Å². The number of ether oxygens (including phenoxy) is 1. The fraction of sp³-hybridized carbons (Fsp3) is 0.444. The van der Waals surface area contributed by atoms with Crippen LogP contribution in [0.25, 0.3) is 10.9 Å². The Bertz CT molecular complexity index is 696. The van der Waals surface area contributed by atoms with Gasteiger partial charge < -0.3 is 4.74 Å². The van der Waals surface area contributed by atoms with Crippen molar-refractivity contribution < 1.29 is 9.53 Å². The molecule has 3 heterocycles. The highest BCUT2D eigenvalue weighted by Crippen LogP contribution is 2.33. The quantitative estimate of drug-likeness (QED) is 0.799. The lowest BCUT2D eigenvalue weighted by Crippen LogP contribution is -2.55. The average molecular weight is 296 g/mol. The summed E-state index contributed by atoms with van der Waals surface area (Å²) in [5, 5.41) is 1.03. The minimum Gasteiger partial charge on any atom is -0.378 e. The van der Waals surface area contributed by atoms with Crippen molar-refractivity contribution >= 4 is 16.7 Å². The first kappa shape index (κ1) is 13.9.